The van der Waals surface area contributed by atoms with Crippen LogP contribution in [0.15, 0.2) is 71.6 Å². The van der Waals surface area contributed by atoms with Crippen LogP contribution in [0.25, 0.3) is 0 Å². The fourth-order valence-electron chi connectivity index (χ4n) is 3.34. The van der Waals surface area contributed by atoms with Gasteiger partial charge in [-0.15, -0.1) is 0 Å². The summed E-state index contributed by atoms with van der Waals surface area (Å²) in [5.74, 6) is -0.332. The molecule has 0 spiro atoms. The van der Waals surface area contributed by atoms with Crippen LogP contribution in [0.4, 0.5) is 11.4 Å². The summed E-state index contributed by atoms with van der Waals surface area (Å²) in [6, 6.07) is 19.4. The zero-order valence-corrected chi connectivity index (χ0v) is 18.2. The Morgan fingerprint density at radius 2 is 1.50 bits per heavy atom. The molecule has 0 unspecified atom stereocenters. The van der Waals surface area contributed by atoms with Gasteiger partial charge in [-0.25, -0.2) is 8.42 Å². The maximum absolute atomic E-state index is 13.0. The minimum absolute atomic E-state index is 0.0819. The van der Waals surface area contributed by atoms with E-state index in [0.29, 0.717) is 16.8 Å². The third-order valence-electron chi connectivity index (χ3n) is 5.00. The summed E-state index contributed by atoms with van der Waals surface area (Å²) < 4.78 is 28.4. The molecular weight excluding hydrogens is 396 g/mol. The summed E-state index contributed by atoms with van der Waals surface area (Å²) in [6.07, 6.45) is 1.58. The second-order valence-corrected chi connectivity index (χ2v) is 8.72. The minimum Gasteiger partial charge on any atom is -0.321 e. The molecule has 3 aromatic rings. The van der Waals surface area contributed by atoms with Crippen LogP contribution in [0.2, 0.25) is 0 Å². The molecule has 2 N–H and O–H groups in total. The lowest BCUT2D eigenvalue weighted by Gasteiger charge is -2.15. The van der Waals surface area contributed by atoms with E-state index in [1.54, 1.807) is 43.3 Å². The standard InChI is InChI=1S/C24H26N2O3S/c1-4-18-10-9-11-19(5-2)23(18)25-24(27)20-15-14-17(3)22(16-20)30(28,29)26-21-12-7-6-8-13-21/h6-16,26H,4-5H2,1-3H3,(H,25,27). The topological polar surface area (TPSA) is 75.3 Å². The second kappa shape index (κ2) is 9.13. The predicted octanol–water partition coefficient (Wildman–Crippen LogP) is 5.17. The lowest BCUT2D eigenvalue weighted by atomic mass is 10.0. The number of nitrogens with one attached hydrogen (secondary N) is 2. The van der Waals surface area contributed by atoms with Crippen molar-refractivity contribution >= 4 is 27.3 Å². The molecule has 3 aromatic carbocycles. The third kappa shape index (κ3) is 4.71. The van der Waals surface area contributed by atoms with Crippen LogP contribution in [0.3, 0.4) is 0 Å². The van der Waals surface area contributed by atoms with Crippen molar-refractivity contribution in [2.75, 3.05) is 10.0 Å². The molecule has 0 heterocycles. The summed E-state index contributed by atoms with van der Waals surface area (Å²) >= 11 is 0. The van der Waals surface area contributed by atoms with E-state index in [-0.39, 0.29) is 10.8 Å². The van der Waals surface area contributed by atoms with Gasteiger partial charge in [0.05, 0.1) is 4.90 Å². The summed E-state index contributed by atoms with van der Waals surface area (Å²) in [7, 11) is -3.83. The number of amides is 1. The lowest BCUT2D eigenvalue weighted by Crippen LogP contribution is -2.18. The second-order valence-electron chi connectivity index (χ2n) is 7.06. The average Bonchev–Trinajstić information content (AvgIpc) is 2.74. The van der Waals surface area contributed by atoms with Crippen molar-refractivity contribution in [2.45, 2.75) is 38.5 Å². The van der Waals surface area contributed by atoms with Gasteiger partial charge in [0, 0.05) is 16.9 Å². The van der Waals surface area contributed by atoms with E-state index in [9.17, 15) is 13.2 Å². The molecule has 0 saturated heterocycles. The first-order valence-electron chi connectivity index (χ1n) is 9.96. The molecule has 0 radical (unpaired) electrons. The molecule has 0 atom stereocenters. The Balaban J connectivity index is 1.93. The van der Waals surface area contributed by atoms with Crippen molar-refractivity contribution in [3.63, 3.8) is 0 Å². The number of carbonyl (C=O) groups excluding carboxylic acids is 1. The molecule has 3 rings (SSSR count). The SMILES string of the molecule is CCc1cccc(CC)c1NC(=O)c1ccc(C)c(S(=O)(=O)Nc2ccccc2)c1. The first-order valence-corrected chi connectivity index (χ1v) is 11.4. The first kappa shape index (κ1) is 21.6. The van der Waals surface area contributed by atoms with E-state index >= 15 is 0 Å². The van der Waals surface area contributed by atoms with Gasteiger partial charge in [0.1, 0.15) is 0 Å². The Kier molecular flexibility index (Phi) is 6.57. The van der Waals surface area contributed by atoms with E-state index in [2.05, 4.69) is 10.0 Å². The molecule has 6 heteroatoms. The minimum atomic E-state index is -3.83. The number of hydrogen-bond acceptors (Lipinski definition) is 3. The highest BCUT2D eigenvalue weighted by Gasteiger charge is 2.20. The monoisotopic (exact) mass is 422 g/mol. The number of carbonyl (C=O) groups is 1. The lowest BCUT2D eigenvalue weighted by molar-refractivity contribution is 0.102. The Morgan fingerprint density at radius 3 is 2.10 bits per heavy atom. The number of para-hydroxylation sites is 2. The number of anilines is 2. The fourth-order valence-corrected chi connectivity index (χ4v) is 4.67. The first-order chi connectivity index (χ1) is 14.4. The molecule has 30 heavy (non-hydrogen) atoms. The fraction of sp³-hybridized carbons (Fsp3) is 0.208. The highest BCUT2D eigenvalue weighted by Crippen LogP contribution is 2.25. The maximum Gasteiger partial charge on any atom is 0.262 e. The number of hydrogen-bond donors (Lipinski definition) is 2. The summed E-state index contributed by atoms with van der Waals surface area (Å²) in [4.78, 5) is 13.1. The van der Waals surface area contributed by atoms with Crippen molar-refractivity contribution in [3.05, 3.63) is 89.0 Å². The van der Waals surface area contributed by atoms with Crippen LogP contribution in [-0.2, 0) is 22.9 Å². The van der Waals surface area contributed by atoms with Gasteiger partial charge in [-0.2, -0.15) is 0 Å². The average molecular weight is 423 g/mol. The zero-order valence-electron chi connectivity index (χ0n) is 17.4. The van der Waals surface area contributed by atoms with Gasteiger partial charge in [0.2, 0.25) is 0 Å². The van der Waals surface area contributed by atoms with Crippen molar-refractivity contribution in [1.29, 1.82) is 0 Å². The normalized spacial score (nSPS) is 11.2. The highest BCUT2D eigenvalue weighted by atomic mass is 32.2. The van der Waals surface area contributed by atoms with Crippen molar-refractivity contribution in [2.24, 2.45) is 0 Å². The molecule has 5 nitrogen and oxygen atoms in total. The van der Waals surface area contributed by atoms with E-state index in [4.69, 9.17) is 0 Å². The predicted molar refractivity (Wildman–Crippen MR) is 122 cm³/mol. The summed E-state index contributed by atoms with van der Waals surface area (Å²) in [5.41, 5.74) is 4.23. The smallest absolute Gasteiger partial charge is 0.262 e. The molecule has 0 bridgehead atoms. The number of aryl methyl sites for hydroxylation is 3. The van der Waals surface area contributed by atoms with Crippen molar-refractivity contribution < 1.29 is 13.2 Å². The van der Waals surface area contributed by atoms with Crippen LogP contribution >= 0.6 is 0 Å². The Morgan fingerprint density at radius 1 is 0.867 bits per heavy atom. The number of rotatable bonds is 7. The third-order valence-corrected chi connectivity index (χ3v) is 6.53. The van der Waals surface area contributed by atoms with Crippen LogP contribution < -0.4 is 10.0 Å². The Bertz CT molecular complexity index is 1130. The molecule has 0 aromatic heterocycles. The van der Waals surface area contributed by atoms with Gasteiger partial charge in [0.25, 0.3) is 15.9 Å². The Labute approximate surface area is 178 Å². The molecule has 0 fully saturated rings. The van der Waals surface area contributed by atoms with Crippen molar-refractivity contribution in [3.8, 4) is 0 Å². The van der Waals surface area contributed by atoms with Gasteiger partial charge in [-0.05, 0) is 60.7 Å². The molecule has 0 aliphatic rings. The van der Waals surface area contributed by atoms with Gasteiger partial charge in [0.15, 0.2) is 0 Å². The number of benzene rings is 3. The molecule has 0 aliphatic heterocycles. The molecule has 0 saturated carbocycles. The zero-order chi connectivity index (χ0) is 21.7. The summed E-state index contributed by atoms with van der Waals surface area (Å²) in [5, 5.41) is 2.99. The van der Waals surface area contributed by atoms with Crippen LogP contribution in [0.5, 0.6) is 0 Å². The molecule has 1 amide bonds. The van der Waals surface area contributed by atoms with Crippen LogP contribution in [0.1, 0.15) is 40.9 Å². The van der Waals surface area contributed by atoms with E-state index in [1.807, 2.05) is 38.1 Å². The number of sulfonamides is 1. The largest absolute Gasteiger partial charge is 0.321 e. The molecule has 0 aliphatic carbocycles. The highest BCUT2D eigenvalue weighted by molar-refractivity contribution is 7.92. The molecule has 156 valence electrons. The van der Waals surface area contributed by atoms with Crippen LogP contribution in [-0.4, -0.2) is 14.3 Å². The Hall–Kier alpha value is -3.12. The van der Waals surface area contributed by atoms with Gasteiger partial charge < -0.3 is 5.32 Å². The van der Waals surface area contributed by atoms with Crippen LogP contribution in [0, 0.1) is 6.92 Å². The van der Waals surface area contributed by atoms with Crippen molar-refractivity contribution in [1.82, 2.24) is 0 Å². The summed E-state index contributed by atoms with van der Waals surface area (Å²) in [6.45, 7) is 5.79. The van der Waals surface area contributed by atoms with Gasteiger partial charge in [-0.3, -0.25) is 9.52 Å². The van der Waals surface area contributed by atoms with E-state index in [1.165, 1.54) is 6.07 Å². The quantitative estimate of drug-likeness (QED) is 0.551. The van der Waals surface area contributed by atoms with Gasteiger partial charge >= 0.3 is 0 Å². The maximum atomic E-state index is 13.0. The van der Waals surface area contributed by atoms with Gasteiger partial charge in [-0.1, -0.05) is 56.3 Å². The molecular formula is C24H26N2O3S. The van der Waals surface area contributed by atoms with E-state index in [0.717, 1.165) is 29.7 Å². The van der Waals surface area contributed by atoms with E-state index < -0.39 is 10.0 Å².